The second-order valence-electron chi connectivity index (χ2n) is 5.31. The maximum absolute atomic E-state index is 12.5. The summed E-state index contributed by atoms with van der Waals surface area (Å²) in [4.78, 5) is 14.5. The van der Waals surface area contributed by atoms with Gasteiger partial charge in [0.2, 0.25) is 0 Å². The molecule has 0 fully saturated rings. The first-order valence-corrected chi connectivity index (χ1v) is 7.46. The molecule has 4 heteroatoms. The average molecular weight is 297 g/mol. The summed E-state index contributed by atoms with van der Waals surface area (Å²) in [7, 11) is 3.85. The van der Waals surface area contributed by atoms with Crippen LogP contribution in [0.5, 0.6) is 0 Å². The van der Waals surface area contributed by atoms with Crippen LogP contribution >= 0.6 is 0 Å². The first kappa shape index (κ1) is 16.0. The van der Waals surface area contributed by atoms with Crippen LogP contribution in [0, 0.1) is 0 Å². The zero-order valence-corrected chi connectivity index (χ0v) is 13.3. The van der Waals surface area contributed by atoms with Gasteiger partial charge in [-0.15, -0.1) is 0 Å². The molecule has 0 saturated carbocycles. The first-order chi connectivity index (χ1) is 10.6. The molecule has 1 atom stereocenters. The Balaban J connectivity index is 2.21. The Morgan fingerprint density at radius 2 is 1.73 bits per heavy atom. The predicted molar refractivity (Wildman–Crippen MR) is 91.8 cm³/mol. The van der Waals surface area contributed by atoms with Gasteiger partial charge in [-0.2, -0.15) is 0 Å². The van der Waals surface area contributed by atoms with Gasteiger partial charge >= 0.3 is 0 Å². The number of hydrogen-bond acceptors (Lipinski definition) is 3. The summed E-state index contributed by atoms with van der Waals surface area (Å²) in [6.45, 7) is 2.63. The molecule has 0 spiro atoms. The summed E-state index contributed by atoms with van der Waals surface area (Å²) >= 11 is 0. The highest BCUT2D eigenvalue weighted by Gasteiger charge is 2.15. The molecule has 2 aromatic carbocycles. The second-order valence-corrected chi connectivity index (χ2v) is 5.31. The van der Waals surface area contributed by atoms with Crippen molar-refractivity contribution in [3.05, 3.63) is 60.2 Å². The molecule has 22 heavy (non-hydrogen) atoms. The van der Waals surface area contributed by atoms with Gasteiger partial charge in [-0.05, 0) is 38.2 Å². The average Bonchev–Trinajstić information content (AvgIpc) is 2.59. The van der Waals surface area contributed by atoms with Gasteiger partial charge in [0.25, 0.3) is 5.91 Å². The number of amides is 1. The zero-order valence-electron chi connectivity index (χ0n) is 13.3. The van der Waals surface area contributed by atoms with E-state index in [4.69, 9.17) is 0 Å². The summed E-state index contributed by atoms with van der Waals surface area (Å²) < 4.78 is 0. The third kappa shape index (κ3) is 3.86. The minimum atomic E-state index is -0.0551. The van der Waals surface area contributed by atoms with Gasteiger partial charge in [-0.1, -0.05) is 30.3 Å². The van der Waals surface area contributed by atoms with Crippen LogP contribution in [0.3, 0.4) is 0 Å². The summed E-state index contributed by atoms with van der Waals surface area (Å²) in [5.74, 6) is -0.0551. The van der Waals surface area contributed by atoms with E-state index >= 15 is 0 Å². The number of carbonyl (C=O) groups excluding carboxylic acids is 1. The van der Waals surface area contributed by atoms with Gasteiger partial charge in [0.05, 0.1) is 11.3 Å². The molecular formula is C18H23N3O. The molecule has 0 saturated heterocycles. The number of hydrogen-bond donors (Lipinski definition) is 2. The summed E-state index contributed by atoms with van der Waals surface area (Å²) in [5.41, 5.74) is 2.62. The monoisotopic (exact) mass is 297 g/mol. The van der Waals surface area contributed by atoms with Crippen LogP contribution in [-0.2, 0) is 0 Å². The van der Waals surface area contributed by atoms with E-state index in [1.54, 1.807) is 0 Å². The van der Waals surface area contributed by atoms with E-state index < -0.39 is 0 Å². The maximum Gasteiger partial charge on any atom is 0.253 e. The third-order valence-electron chi connectivity index (χ3n) is 3.72. The van der Waals surface area contributed by atoms with E-state index in [9.17, 15) is 4.79 Å². The second kappa shape index (κ2) is 7.61. The van der Waals surface area contributed by atoms with Gasteiger partial charge in [0.15, 0.2) is 0 Å². The molecule has 0 radical (unpaired) electrons. The van der Waals surface area contributed by atoms with E-state index in [0.29, 0.717) is 12.1 Å². The zero-order chi connectivity index (χ0) is 15.9. The van der Waals surface area contributed by atoms with E-state index in [1.165, 1.54) is 0 Å². The molecule has 0 aromatic heterocycles. The number of para-hydroxylation sites is 2. The molecule has 0 bridgehead atoms. The SMILES string of the molecule is CNC(C)CNC(=O)c1ccccc1N(C)c1ccccc1. The van der Waals surface area contributed by atoms with E-state index in [0.717, 1.165) is 11.4 Å². The van der Waals surface area contributed by atoms with Crippen LogP contribution in [0.1, 0.15) is 17.3 Å². The molecule has 2 aromatic rings. The van der Waals surface area contributed by atoms with Crippen LogP contribution in [0.2, 0.25) is 0 Å². The molecule has 1 unspecified atom stereocenters. The molecule has 0 aliphatic rings. The number of anilines is 2. The number of nitrogens with zero attached hydrogens (tertiary/aromatic N) is 1. The number of carbonyl (C=O) groups is 1. The van der Waals surface area contributed by atoms with E-state index in [-0.39, 0.29) is 11.9 Å². The van der Waals surface area contributed by atoms with Crippen LogP contribution < -0.4 is 15.5 Å². The lowest BCUT2D eigenvalue weighted by molar-refractivity contribution is 0.0951. The van der Waals surface area contributed by atoms with Crippen molar-refractivity contribution in [3.8, 4) is 0 Å². The van der Waals surface area contributed by atoms with E-state index in [1.807, 2.05) is 80.5 Å². The largest absolute Gasteiger partial charge is 0.350 e. The normalized spacial score (nSPS) is 11.8. The molecule has 2 N–H and O–H groups in total. The van der Waals surface area contributed by atoms with Crippen molar-refractivity contribution in [2.24, 2.45) is 0 Å². The Kier molecular flexibility index (Phi) is 5.55. The Morgan fingerprint density at radius 1 is 1.09 bits per heavy atom. The molecule has 116 valence electrons. The molecular weight excluding hydrogens is 274 g/mol. The van der Waals surface area contributed by atoms with Gasteiger partial charge in [-0.3, -0.25) is 4.79 Å². The van der Waals surface area contributed by atoms with Crippen LogP contribution in [0.4, 0.5) is 11.4 Å². The van der Waals surface area contributed by atoms with Crippen molar-refractivity contribution >= 4 is 17.3 Å². The van der Waals surface area contributed by atoms with E-state index in [2.05, 4.69) is 10.6 Å². The molecule has 0 aliphatic heterocycles. The standard InChI is InChI=1S/C18H23N3O/c1-14(19-2)13-20-18(22)16-11-7-8-12-17(16)21(3)15-9-5-4-6-10-15/h4-12,14,19H,13H2,1-3H3,(H,20,22). The summed E-state index contributed by atoms with van der Waals surface area (Å²) in [6.07, 6.45) is 0. The Bertz CT molecular complexity index is 613. The third-order valence-corrected chi connectivity index (χ3v) is 3.72. The first-order valence-electron chi connectivity index (χ1n) is 7.46. The Morgan fingerprint density at radius 3 is 2.41 bits per heavy atom. The lowest BCUT2D eigenvalue weighted by Gasteiger charge is -2.22. The predicted octanol–water partition coefficient (Wildman–Crippen LogP) is 2.79. The van der Waals surface area contributed by atoms with Crippen molar-refractivity contribution in [3.63, 3.8) is 0 Å². The molecule has 4 nitrogen and oxygen atoms in total. The molecule has 1 amide bonds. The van der Waals surface area contributed by atoms with Crippen molar-refractivity contribution in [1.82, 2.24) is 10.6 Å². The quantitative estimate of drug-likeness (QED) is 0.862. The highest BCUT2D eigenvalue weighted by atomic mass is 16.1. The van der Waals surface area contributed by atoms with Crippen molar-refractivity contribution in [1.29, 1.82) is 0 Å². The minimum absolute atomic E-state index is 0.0551. The Hall–Kier alpha value is -2.33. The highest BCUT2D eigenvalue weighted by molar-refractivity contribution is 6.00. The van der Waals surface area contributed by atoms with Gasteiger partial charge in [-0.25, -0.2) is 0 Å². The highest BCUT2D eigenvalue weighted by Crippen LogP contribution is 2.26. The fourth-order valence-corrected chi connectivity index (χ4v) is 2.19. The number of nitrogens with one attached hydrogen (secondary N) is 2. The van der Waals surface area contributed by atoms with Crippen molar-refractivity contribution in [2.75, 3.05) is 25.5 Å². The molecule has 2 rings (SSSR count). The fourth-order valence-electron chi connectivity index (χ4n) is 2.19. The van der Waals surface area contributed by atoms with Crippen LogP contribution in [0.25, 0.3) is 0 Å². The van der Waals surface area contributed by atoms with Crippen LogP contribution in [0.15, 0.2) is 54.6 Å². The topological polar surface area (TPSA) is 44.4 Å². The lowest BCUT2D eigenvalue weighted by Crippen LogP contribution is -2.37. The maximum atomic E-state index is 12.5. The van der Waals surface area contributed by atoms with Crippen LogP contribution in [-0.4, -0.2) is 32.6 Å². The molecule has 0 heterocycles. The number of benzene rings is 2. The summed E-state index contributed by atoms with van der Waals surface area (Å²) in [5, 5.41) is 6.08. The van der Waals surface area contributed by atoms with Gasteiger partial charge in [0, 0.05) is 25.3 Å². The lowest BCUT2D eigenvalue weighted by atomic mass is 10.1. The number of likely N-dealkylation sites (N-methyl/N-ethyl adjacent to an activating group) is 1. The fraction of sp³-hybridized carbons (Fsp3) is 0.278. The smallest absolute Gasteiger partial charge is 0.253 e. The van der Waals surface area contributed by atoms with Gasteiger partial charge < -0.3 is 15.5 Å². The molecule has 0 aliphatic carbocycles. The summed E-state index contributed by atoms with van der Waals surface area (Å²) in [6, 6.07) is 17.9. The van der Waals surface area contributed by atoms with Crippen molar-refractivity contribution < 1.29 is 4.79 Å². The van der Waals surface area contributed by atoms with Gasteiger partial charge in [0.1, 0.15) is 0 Å². The number of rotatable bonds is 6. The minimum Gasteiger partial charge on any atom is -0.350 e. The van der Waals surface area contributed by atoms with Crippen molar-refractivity contribution in [2.45, 2.75) is 13.0 Å². The Labute approximate surface area is 132 Å².